The lowest BCUT2D eigenvalue weighted by Gasteiger charge is -2.21. The molecule has 0 fully saturated rings. The van der Waals surface area contributed by atoms with E-state index in [4.69, 9.17) is 9.47 Å². The molecule has 3 rings (SSSR count). The summed E-state index contributed by atoms with van der Waals surface area (Å²) in [5.41, 5.74) is 3.80. The molecule has 0 bridgehead atoms. The SMILES string of the molecule is CCCCc1c(CC)cc(CC)c(OC(=O)c2ccccc2)c1OC(=O)c1ccccc1. The predicted octanol–water partition coefficient (Wildman–Crippen LogP) is 6.59. The molecular weight excluding hydrogens is 400 g/mol. The van der Waals surface area contributed by atoms with Crippen LogP contribution in [0.1, 0.15) is 71.0 Å². The van der Waals surface area contributed by atoms with Crippen LogP contribution in [0.2, 0.25) is 0 Å². The smallest absolute Gasteiger partial charge is 0.343 e. The van der Waals surface area contributed by atoms with Crippen molar-refractivity contribution in [3.05, 3.63) is 94.5 Å². The van der Waals surface area contributed by atoms with Gasteiger partial charge in [0.25, 0.3) is 0 Å². The zero-order chi connectivity index (χ0) is 22.9. The van der Waals surface area contributed by atoms with Crippen LogP contribution in [0.3, 0.4) is 0 Å². The van der Waals surface area contributed by atoms with Crippen molar-refractivity contribution in [2.45, 2.75) is 52.9 Å². The van der Waals surface area contributed by atoms with E-state index in [1.165, 1.54) is 0 Å². The molecule has 4 heteroatoms. The Labute approximate surface area is 190 Å². The predicted molar refractivity (Wildman–Crippen MR) is 127 cm³/mol. The molecule has 0 spiro atoms. The molecule has 4 nitrogen and oxygen atoms in total. The summed E-state index contributed by atoms with van der Waals surface area (Å²) >= 11 is 0. The summed E-state index contributed by atoms with van der Waals surface area (Å²) in [6.07, 6.45) is 4.14. The Morgan fingerprint density at radius 3 is 1.66 bits per heavy atom. The van der Waals surface area contributed by atoms with Gasteiger partial charge in [0.15, 0.2) is 11.5 Å². The van der Waals surface area contributed by atoms with Crippen molar-refractivity contribution in [1.82, 2.24) is 0 Å². The first kappa shape index (κ1) is 23.3. The number of ether oxygens (including phenoxy) is 2. The summed E-state index contributed by atoms with van der Waals surface area (Å²) < 4.78 is 11.9. The van der Waals surface area contributed by atoms with Gasteiger partial charge in [0.1, 0.15) is 0 Å². The Kier molecular flexibility index (Phi) is 8.20. The van der Waals surface area contributed by atoms with E-state index in [2.05, 4.69) is 19.9 Å². The van der Waals surface area contributed by atoms with E-state index in [9.17, 15) is 9.59 Å². The lowest BCUT2D eigenvalue weighted by atomic mass is 9.94. The fourth-order valence-corrected chi connectivity index (χ4v) is 3.67. The zero-order valence-electron chi connectivity index (χ0n) is 19.0. The second-order valence-electron chi connectivity index (χ2n) is 7.65. The van der Waals surface area contributed by atoms with Crippen LogP contribution in [0, 0.1) is 0 Å². The van der Waals surface area contributed by atoms with Gasteiger partial charge in [0.05, 0.1) is 11.1 Å². The molecule has 0 unspecified atom stereocenters. The minimum absolute atomic E-state index is 0.342. The highest BCUT2D eigenvalue weighted by Crippen LogP contribution is 2.40. The molecule has 3 aromatic carbocycles. The van der Waals surface area contributed by atoms with E-state index < -0.39 is 11.9 Å². The molecule has 3 aromatic rings. The topological polar surface area (TPSA) is 52.6 Å². The average Bonchev–Trinajstić information content (AvgIpc) is 2.84. The summed E-state index contributed by atoms with van der Waals surface area (Å²) in [4.78, 5) is 25.9. The number of aryl methyl sites for hydroxylation is 2. The Bertz CT molecular complexity index is 1060. The number of esters is 2. The fraction of sp³-hybridized carbons (Fsp3) is 0.286. The van der Waals surface area contributed by atoms with Crippen molar-refractivity contribution >= 4 is 11.9 Å². The lowest BCUT2D eigenvalue weighted by molar-refractivity contribution is 0.0679. The largest absolute Gasteiger partial charge is 0.419 e. The first-order valence-electron chi connectivity index (χ1n) is 11.3. The minimum atomic E-state index is -0.469. The molecule has 0 N–H and O–H groups in total. The Balaban J connectivity index is 2.11. The summed E-state index contributed by atoms with van der Waals surface area (Å²) in [6, 6.07) is 19.8. The molecular formula is C28H30O4. The molecule has 0 aliphatic rings. The highest BCUT2D eigenvalue weighted by Gasteiger charge is 2.24. The van der Waals surface area contributed by atoms with E-state index in [1.807, 2.05) is 19.1 Å². The van der Waals surface area contributed by atoms with Crippen LogP contribution in [0.15, 0.2) is 66.7 Å². The van der Waals surface area contributed by atoms with Gasteiger partial charge in [0, 0.05) is 5.56 Å². The molecule has 0 radical (unpaired) electrons. The van der Waals surface area contributed by atoms with E-state index >= 15 is 0 Å². The first-order chi connectivity index (χ1) is 15.6. The maximum atomic E-state index is 13.0. The first-order valence-corrected chi connectivity index (χ1v) is 11.3. The number of benzene rings is 3. The molecule has 0 aromatic heterocycles. The summed E-state index contributed by atoms with van der Waals surface area (Å²) in [5, 5.41) is 0. The standard InChI is InChI=1S/C28H30O4/c1-4-7-18-24-20(5-2)19-21(6-3)25(31-27(29)22-14-10-8-11-15-22)26(24)32-28(30)23-16-12-9-13-17-23/h8-17,19H,4-7,18H2,1-3H3. The van der Waals surface area contributed by atoms with Crippen LogP contribution in [0.25, 0.3) is 0 Å². The van der Waals surface area contributed by atoms with Crippen LogP contribution >= 0.6 is 0 Å². The Hall–Kier alpha value is -3.40. The molecule has 0 heterocycles. The summed E-state index contributed by atoms with van der Waals surface area (Å²) in [6.45, 7) is 6.21. The fourth-order valence-electron chi connectivity index (χ4n) is 3.67. The number of unbranched alkanes of at least 4 members (excludes halogenated alkanes) is 1. The highest BCUT2D eigenvalue weighted by molar-refractivity contribution is 5.93. The maximum absolute atomic E-state index is 13.0. The molecule has 0 amide bonds. The number of carbonyl (C=O) groups is 2. The van der Waals surface area contributed by atoms with Crippen LogP contribution in [-0.2, 0) is 19.3 Å². The van der Waals surface area contributed by atoms with E-state index in [1.54, 1.807) is 48.5 Å². The maximum Gasteiger partial charge on any atom is 0.343 e. The molecule has 0 saturated heterocycles. The van der Waals surface area contributed by atoms with Crippen LogP contribution in [-0.4, -0.2) is 11.9 Å². The van der Waals surface area contributed by atoms with Crippen molar-refractivity contribution in [3.8, 4) is 11.5 Å². The van der Waals surface area contributed by atoms with Crippen molar-refractivity contribution in [2.75, 3.05) is 0 Å². The van der Waals surface area contributed by atoms with Crippen LogP contribution in [0.5, 0.6) is 11.5 Å². The number of hydrogen-bond donors (Lipinski definition) is 0. The average molecular weight is 431 g/mol. The highest BCUT2D eigenvalue weighted by atomic mass is 16.6. The minimum Gasteiger partial charge on any atom is -0.419 e. The van der Waals surface area contributed by atoms with Crippen molar-refractivity contribution in [1.29, 1.82) is 0 Å². The zero-order valence-corrected chi connectivity index (χ0v) is 19.0. The normalized spacial score (nSPS) is 10.6. The van der Waals surface area contributed by atoms with E-state index in [0.29, 0.717) is 29.0 Å². The van der Waals surface area contributed by atoms with Crippen molar-refractivity contribution < 1.29 is 19.1 Å². The van der Waals surface area contributed by atoms with E-state index in [0.717, 1.165) is 42.4 Å². The lowest BCUT2D eigenvalue weighted by Crippen LogP contribution is -2.16. The third kappa shape index (κ3) is 5.44. The Morgan fingerprint density at radius 2 is 1.19 bits per heavy atom. The number of hydrogen-bond acceptors (Lipinski definition) is 4. The Morgan fingerprint density at radius 1 is 0.688 bits per heavy atom. The molecule has 32 heavy (non-hydrogen) atoms. The molecule has 0 aliphatic heterocycles. The monoisotopic (exact) mass is 430 g/mol. The third-order valence-corrected chi connectivity index (χ3v) is 5.46. The number of carbonyl (C=O) groups excluding carboxylic acids is 2. The van der Waals surface area contributed by atoms with Gasteiger partial charge in [-0.1, -0.05) is 69.7 Å². The van der Waals surface area contributed by atoms with Crippen LogP contribution < -0.4 is 9.47 Å². The quantitative estimate of drug-likeness (QED) is 0.284. The van der Waals surface area contributed by atoms with Gasteiger partial charge in [-0.2, -0.15) is 0 Å². The van der Waals surface area contributed by atoms with Gasteiger partial charge in [-0.15, -0.1) is 0 Å². The van der Waals surface area contributed by atoms with Gasteiger partial charge < -0.3 is 9.47 Å². The second-order valence-corrected chi connectivity index (χ2v) is 7.65. The second kappa shape index (κ2) is 11.3. The molecule has 0 atom stereocenters. The molecule has 0 saturated carbocycles. The van der Waals surface area contributed by atoms with Gasteiger partial charge >= 0.3 is 11.9 Å². The van der Waals surface area contributed by atoms with Gasteiger partial charge in [-0.25, -0.2) is 9.59 Å². The summed E-state index contributed by atoms with van der Waals surface area (Å²) in [5.74, 6) is -0.222. The molecule has 0 aliphatic carbocycles. The van der Waals surface area contributed by atoms with Gasteiger partial charge in [0.2, 0.25) is 0 Å². The van der Waals surface area contributed by atoms with Crippen molar-refractivity contribution in [2.24, 2.45) is 0 Å². The summed E-state index contributed by atoms with van der Waals surface area (Å²) in [7, 11) is 0. The van der Waals surface area contributed by atoms with Crippen LogP contribution in [0.4, 0.5) is 0 Å². The third-order valence-electron chi connectivity index (χ3n) is 5.46. The van der Waals surface area contributed by atoms with Crippen molar-refractivity contribution in [3.63, 3.8) is 0 Å². The molecule has 166 valence electrons. The number of rotatable bonds is 9. The van der Waals surface area contributed by atoms with E-state index in [-0.39, 0.29) is 0 Å². The van der Waals surface area contributed by atoms with Gasteiger partial charge in [-0.05, 0) is 61.1 Å². The van der Waals surface area contributed by atoms with Gasteiger partial charge in [-0.3, -0.25) is 0 Å².